The molecule has 294 valence electrons. The van der Waals surface area contributed by atoms with Crippen LogP contribution in [0.1, 0.15) is 83.3 Å². The first-order valence-corrected chi connectivity index (χ1v) is 20.6. The average Bonchev–Trinajstić information content (AvgIpc) is 3.75. The normalized spacial score (nSPS) is 25.4. The minimum atomic E-state index is -4.13. The lowest BCUT2D eigenvalue weighted by Gasteiger charge is -2.35. The lowest BCUT2D eigenvalue weighted by molar-refractivity contribution is -0.143. The number of ether oxygens (including phenoxy) is 1. The number of alkyl carbamates (subject to hydrolysis) is 1. The smallest absolute Gasteiger partial charge is 0.408 e. The van der Waals surface area contributed by atoms with Crippen LogP contribution in [0.4, 0.5) is 4.79 Å². The highest BCUT2D eigenvalue weighted by molar-refractivity contribution is 7.87. The Kier molecular flexibility index (Phi) is 10.5. The van der Waals surface area contributed by atoms with Gasteiger partial charge in [0.1, 0.15) is 35.5 Å². The van der Waals surface area contributed by atoms with Gasteiger partial charge in [-0.3, -0.25) is 14.4 Å². The van der Waals surface area contributed by atoms with E-state index in [1.165, 1.54) is 15.3 Å². The van der Waals surface area contributed by atoms with Crippen molar-refractivity contribution in [2.75, 3.05) is 19.6 Å². The zero-order chi connectivity index (χ0) is 39.1. The monoisotopic (exact) mass is 774 g/mol. The summed E-state index contributed by atoms with van der Waals surface area (Å²) in [5.74, 6) is -2.60. The number of amides is 4. The minimum Gasteiger partial charge on any atom is -0.446 e. The molecule has 3 aliphatic carbocycles. The van der Waals surface area contributed by atoms with Gasteiger partial charge in [0.15, 0.2) is 0 Å². The summed E-state index contributed by atoms with van der Waals surface area (Å²) in [5.41, 5.74) is 2.07. The second kappa shape index (κ2) is 15.1. The molecule has 3 N–H and O–H groups in total. The molecule has 4 amide bonds. The molecule has 7 rings (SSSR count). The van der Waals surface area contributed by atoms with Gasteiger partial charge in [-0.05, 0) is 61.5 Å². The number of oxime groups is 1. The number of hydrogen-bond acceptors (Lipinski definition) is 9. The van der Waals surface area contributed by atoms with E-state index < -0.39 is 69.1 Å². The van der Waals surface area contributed by atoms with Crippen LogP contribution in [0.25, 0.3) is 11.1 Å². The fourth-order valence-corrected chi connectivity index (χ4v) is 9.53. The van der Waals surface area contributed by atoms with E-state index in [2.05, 4.69) is 27.1 Å². The minimum absolute atomic E-state index is 0.0174. The molecule has 55 heavy (non-hydrogen) atoms. The van der Waals surface area contributed by atoms with Gasteiger partial charge in [-0.15, -0.1) is 6.58 Å². The predicted molar refractivity (Wildman–Crippen MR) is 205 cm³/mol. The number of likely N-dealkylation sites (tertiary alicyclic amines) is 1. The third kappa shape index (κ3) is 7.73. The second-order valence-corrected chi connectivity index (χ2v) is 18.0. The molecule has 0 aromatic heterocycles. The molecule has 0 unspecified atom stereocenters. The Hall–Kier alpha value is -4.76. The van der Waals surface area contributed by atoms with Gasteiger partial charge in [0.05, 0.1) is 6.54 Å². The van der Waals surface area contributed by atoms with Crippen LogP contribution >= 0.6 is 0 Å². The Labute approximate surface area is 322 Å². The maximum atomic E-state index is 14.6. The number of benzene rings is 2. The Bertz CT molecular complexity index is 1950. The molecular weight excluding hydrogens is 725 g/mol. The van der Waals surface area contributed by atoms with Crippen molar-refractivity contribution in [1.82, 2.24) is 24.6 Å². The lowest BCUT2D eigenvalue weighted by Crippen LogP contribution is -2.60. The standard InChI is InChI=1S/C40H50N6O8S/c1-5-25-23-40(25,37(49)44-55(51,52)45-20-12-13-21-45)42-35(47)32-22-27(54-43-33-30-18-10-8-16-28(30)29-17-9-11-19-31(29)33)24-46(32)36(48)34(39(2,3)4)41-38(50)53-26-14-6-7-15-26/h5,8-11,16-19,25-27,32,34H,1,6-7,12-15,20-24H2,2-4H3,(H,41,50)(H,42,47)(H,44,49)/t25-,27-,32+,34-,40+/m1/s1. The van der Waals surface area contributed by atoms with Crippen molar-refractivity contribution in [3.05, 3.63) is 72.3 Å². The van der Waals surface area contributed by atoms with Crippen LogP contribution in [0.2, 0.25) is 0 Å². The Morgan fingerprint density at radius 1 is 0.927 bits per heavy atom. The van der Waals surface area contributed by atoms with Gasteiger partial charge in [0, 0.05) is 36.6 Å². The summed E-state index contributed by atoms with van der Waals surface area (Å²) in [4.78, 5) is 63.3. The molecule has 5 atom stereocenters. The molecule has 15 heteroatoms. The zero-order valence-electron chi connectivity index (χ0n) is 31.6. The average molecular weight is 775 g/mol. The van der Waals surface area contributed by atoms with Crippen molar-refractivity contribution >= 4 is 39.7 Å². The molecule has 4 fully saturated rings. The van der Waals surface area contributed by atoms with Crippen LogP contribution in [0.3, 0.4) is 0 Å². The van der Waals surface area contributed by atoms with Crippen molar-refractivity contribution in [3.63, 3.8) is 0 Å². The van der Waals surface area contributed by atoms with E-state index in [9.17, 15) is 27.6 Å². The van der Waals surface area contributed by atoms with Crippen molar-refractivity contribution in [1.29, 1.82) is 0 Å². The lowest BCUT2D eigenvalue weighted by atomic mass is 9.85. The third-order valence-corrected chi connectivity index (χ3v) is 12.9. The summed E-state index contributed by atoms with van der Waals surface area (Å²) in [5, 5.41) is 10.2. The van der Waals surface area contributed by atoms with E-state index in [1.54, 1.807) is 0 Å². The van der Waals surface area contributed by atoms with Crippen LogP contribution in [0.15, 0.2) is 66.3 Å². The van der Waals surface area contributed by atoms with Crippen LogP contribution in [0.5, 0.6) is 0 Å². The SMILES string of the molecule is C=C[C@@H]1C[C@@]1(NC(=O)[C@@H]1C[C@@H](ON=C2c3ccccc3-c3ccccc32)CN1C(=O)[C@@H](NC(=O)OC1CCCC1)C(C)(C)C)C(=O)NS(=O)(=O)N1CCCC1. The molecule has 0 spiro atoms. The number of hydrogen-bond donors (Lipinski definition) is 3. The predicted octanol–water partition coefficient (Wildman–Crippen LogP) is 4.01. The van der Waals surface area contributed by atoms with E-state index in [4.69, 9.17) is 9.57 Å². The Morgan fingerprint density at radius 2 is 1.53 bits per heavy atom. The number of fused-ring (bicyclic) bond motifs is 3. The topological polar surface area (TPSA) is 176 Å². The first-order valence-electron chi connectivity index (χ1n) is 19.2. The van der Waals surface area contributed by atoms with Gasteiger partial charge in [-0.2, -0.15) is 12.7 Å². The molecule has 2 aromatic carbocycles. The molecular formula is C40H50N6O8S. The quantitative estimate of drug-likeness (QED) is 0.194. The van der Waals surface area contributed by atoms with Crippen LogP contribution in [-0.4, -0.2) is 96.6 Å². The highest BCUT2D eigenvalue weighted by Gasteiger charge is 2.62. The second-order valence-electron chi connectivity index (χ2n) is 16.3. The summed E-state index contributed by atoms with van der Waals surface area (Å²) in [6.45, 7) is 9.78. The van der Waals surface area contributed by atoms with Gasteiger partial charge in [-0.1, -0.05) is 80.5 Å². The summed E-state index contributed by atoms with van der Waals surface area (Å²) in [6.07, 6.45) is 4.80. The molecule has 0 radical (unpaired) electrons. The Morgan fingerprint density at radius 3 is 2.09 bits per heavy atom. The number of carbonyl (C=O) groups excluding carboxylic acids is 4. The molecule has 2 saturated carbocycles. The van der Waals surface area contributed by atoms with E-state index >= 15 is 0 Å². The number of carbonyl (C=O) groups is 4. The van der Waals surface area contributed by atoms with E-state index in [0.29, 0.717) is 31.6 Å². The largest absolute Gasteiger partial charge is 0.446 e. The summed E-state index contributed by atoms with van der Waals surface area (Å²) in [6, 6.07) is 13.5. The molecule has 5 aliphatic rings. The zero-order valence-corrected chi connectivity index (χ0v) is 32.4. The summed E-state index contributed by atoms with van der Waals surface area (Å²) >= 11 is 0. The number of rotatable bonds is 11. The molecule has 14 nitrogen and oxygen atoms in total. The number of nitrogens with one attached hydrogen (secondary N) is 3. The van der Waals surface area contributed by atoms with E-state index in [-0.39, 0.29) is 25.5 Å². The highest BCUT2D eigenvalue weighted by atomic mass is 32.2. The fraction of sp³-hybridized carbons (Fsp3) is 0.525. The van der Waals surface area contributed by atoms with Crippen LogP contribution in [-0.2, 0) is 34.2 Å². The van der Waals surface area contributed by atoms with E-state index in [1.807, 2.05) is 69.3 Å². The Balaban J connectivity index is 1.15. The molecule has 2 aromatic rings. The first-order chi connectivity index (χ1) is 26.2. The van der Waals surface area contributed by atoms with Crippen molar-refractivity contribution < 1.29 is 37.2 Å². The summed E-state index contributed by atoms with van der Waals surface area (Å²) < 4.78 is 35.2. The van der Waals surface area contributed by atoms with Crippen LogP contribution < -0.4 is 15.4 Å². The van der Waals surface area contributed by atoms with Gasteiger partial charge in [0.2, 0.25) is 11.8 Å². The van der Waals surface area contributed by atoms with E-state index in [0.717, 1.165) is 47.9 Å². The third-order valence-electron chi connectivity index (χ3n) is 11.4. The first kappa shape index (κ1) is 38.5. The van der Waals surface area contributed by atoms with Gasteiger partial charge >= 0.3 is 16.3 Å². The maximum absolute atomic E-state index is 14.6. The van der Waals surface area contributed by atoms with Gasteiger partial charge in [-0.25, -0.2) is 9.52 Å². The van der Waals surface area contributed by atoms with Crippen molar-refractivity contribution in [3.8, 4) is 11.1 Å². The molecule has 2 aliphatic heterocycles. The molecule has 0 bridgehead atoms. The fourth-order valence-electron chi connectivity index (χ4n) is 8.25. The number of nitrogens with zero attached hydrogens (tertiary/aromatic N) is 3. The van der Waals surface area contributed by atoms with Gasteiger partial charge < -0.3 is 25.1 Å². The van der Waals surface area contributed by atoms with Crippen molar-refractivity contribution in [2.45, 2.75) is 102 Å². The van der Waals surface area contributed by atoms with Gasteiger partial charge in [0.25, 0.3) is 5.91 Å². The van der Waals surface area contributed by atoms with Crippen molar-refractivity contribution in [2.24, 2.45) is 16.5 Å². The maximum Gasteiger partial charge on any atom is 0.408 e. The highest BCUT2D eigenvalue weighted by Crippen LogP contribution is 2.45. The van der Waals surface area contributed by atoms with Crippen LogP contribution in [0, 0.1) is 11.3 Å². The summed E-state index contributed by atoms with van der Waals surface area (Å²) in [7, 11) is -4.13. The molecule has 2 heterocycles. The molecule has 2 saturated heterocycles.